The van der Waals surface area contributed by atoms with Crippen molar-refractivity contribution in [3.63, 3.8) is 0 Å². The Balaban J connectivity index is 2.55. The summed E-state index contributed by atoms with van der Waals surface area (Å²) in [5, 5.41) is 3.35. The molecule has 0 saturated carbocycles. The lowest BCUT2D eigenvalue weighted by Gasteiger charge is -2.29. The Labute approximate surface area is 85.6 Å². The zero-order valence-electron chi connectivity index (χ0n) is 9.30. The Bertz CT molecular complexity index is 204. The van der Waals surface area contributed by atoms with Crippen molar-refractivity contribution < 1.29 is 9.53 Å². The highest BCUT2D eigenvalue weighted by Crippen LogP contribution is 2.10. The number of rotatable bonds is 3. The van der Waals surface area contributed by atoms with Crippen LogP contribution in [-0.2, 0) is 9.53 Å². The maximum absolute atomic E-state index is 11.6. The highest BCUT2D eigenvalue weighted by molar-refractivity contribution is 5.76. The van der Waals surface area contributed by atoms with Crippen LogP contribution in [0, 0.1) is 0 Å². The van der Waals surface area contributed by atoms with Gasteiger partial charge < -0.3 is 15.0 Å². The van der Waals surface area contributed by atoms with E-state index < -0.39 is 0 Å². The van der Waals surface area contributed by atoms with Crippen LogP contribution >= 0.6 is 0 Å². The van der Waals surface area contributed by atoms with Crippen molar-refractivity contribution in [1.82, 2.24) is 10.2 Å². The van der Waals surface area contributed by atoms with Gasteiger partial charge in [0.15, 0.2) is 0 Å². The van der Waals surface area contributed by atoms with Crippen molar-refractivity contribution in [3.8, 4) is 0 Å². The zero-order chi connectivity index (χ0) is 10.6. The summed E-state index contributed by atoms with van der Waals surface area (Å²) in [7, 11) is 1.66. The average molecular weight is 200 g/mol. The number of nitrogens with one attached hydrogen (secondary N) is 1. The fourth-order valence-corrected chi connectivity index (χ4v) is 1.69. The largest absolute Gasteiger partial charge is 0.383 e. The van der Waals surface area contributed by atoms with Gasteiger partial charge in [0.1, 0.15) is 0 Å². The molecule has 4 nitrogen and oxygen atoms in total. The monoisotopic (exact) mass is 200 g/mol. The van der Waals surface area contributed by atoms with Crippen LogP contribution in [0.5, 0.6) is 0 Å². The average Bonchev–Trinajstić information content (AvgIpc) is 2.22. The predicted molar refractivity (Wildman–Crippen MR) is 55.2 cm³/mol. The summed E-state index contributed by atoms with van der Waals surface area (Å²) in [6.45, 7) is 7.07. The van der Waals surface area contributed by atoms with Gasteiger partial charge in [-0.25, -0.2) is 0 Å². The second-order valence-electron chi connectivity index (χ2n) is 4.37. The first-order valence-electron chi connectivity index (χ1n) is 5.07. The molecule has 0 aromatic carbocycles. The van der Waals surface area contributed by atoms with Crippen LogP contribution in [0.15, 0.2) is 0 Å². The fraction of sp³-hybridized carbons (Fsp3) is 0.900. The van der Waals surface area contributed by atoms with E-state index in [2.05, 4.69) is 19.2 Å². The molecule has 1 N–H and O–H groups in total. The lowest BCUT2D eigenvalue weighted by Crippen LogP contribution is -2.47. The number of carbonyl (C=O) groups excluding carboxylic acids is 1. The van der Waals surface area contributed by atoms with Gasteiger partial charge in [0.05, 0.1) is 6.61 Å². The molecule has 0 aromatic heterocycles. The topological polar surface area (TPSA) is 41.6 Å². The van der Waals surface area contributed by atoms with E-state index in [0.29, 0.717) is 19.6 Å². The van der Waals surface area contributed by atoms with Crippen molar-refractivity contribution in [2.75, 3.05) is 33.4 Å². The Hall–Kier alpha value is -0.610. The van der Waals surface area contributed by atoms with Crippen molar-refractivity contribution in [2.24, 2.45) is 0 Å². The molecule has 4 heteroatoms. The molecule has 0 unspecified atom stereocenters. The van der Waals surface area contributed by atoms with Gasteiger partial charge in [0.2, 0.25) is 5.91 Å². The first-order valence-corrected chi connectivity index (χ1v) is 5.07. The normalized spacial score (nSPS) is 22.2. The molecule has 1 saturated heterocycles. The summed E-state index contributed by atoms with van der Waals surface area (Å²) in [5.41, 5.74) is 0.0138. The summed E-state index contributed by atoms with van der Waals surface area (Å²) in [5.74, 6) is 0.222. The maximum atomic E-state index is 11.6. The van der Waals surface area contributed by atoms with E-state index in [4.69, 9.17) is 4.74 Å². The van der Waals surface area contributed by atoms with Gasteiger partial charge >= 0.3 is 0 Å². The third kappa shape index (κ3) is 3.27. The predicted octanol–water partition coefficient (Wildman–Crippen LogP) is 0.233. The minimum Gasteiger partial charge on any atom is -0.383 e. The number of methoxy groups -OCH3 is 1. The van der Waals surface area contributed by atoms with Crippen LogP contribution in [0.1, 0.15) is 20.3 Å². The number of hydrogen-bond acceptors (Lipinski definition) is 3. The Morgan fingerprint density at radius 2 is 2.29 bits per heavy atom. The molecule has 0 atom stereocenters. The first-order chi connectivity index (χ1) is 6.55. The van der Waals surface area contributed by atoms with Crippen LogP contribution in [0.2, 0.25) is 0 Å². The van der Waals surface area contributed by atoms with Crippen molar-refractivity contribution in [2.45, 2.75) is 25.8 Å². The van der Waals surface area contributed by atoms with E-state index in [1.165, 1.54) is 0 Å². The lowest BCUT2D eigenvalue weighted by molar-refractivity contribution is -0.131. The molecule has 14 heavy (non-hydrogen) atoms. The summed E-state index contributed by atoms with van der Waals surface area (Å²) < 4.78 is 4.99. The van der Waals surface area contributed by atoms with E-state index in [0.717, 1.165) is 13.1 Å². The molecule has 1 heterocycles. The Morgan fingerprint density at radius 1 is 1.57 bits per heavy atom. The Kier molecular flexibility index (Phi) is 3.89. The van der Waals surface area contributed by atoms with E-state index >= 15 is 0 Å². The van der Waals surface area contributed by atoms with Gasteiger partial charge in [0.25, 0.3) is 0 Å². The van der Waals surface area contributed by atoms with E-state index in [1.54, 1.807) is 7.11 Å². The van der Waals surface area contributed by atoms with Crippen LogP contribution in [0.3, 0.4) is 0 Å². The molecule has 0 aliphatic carbocycles. The van der Waals surface area contributed by atoms with Crippen molar-refractivity contribution in [3.05, 3.63) is 0 Å². The van der Waals surface area contributed by atoms with E-state index in [9.17, 15) is 4.79 Å². The minimum absolute atomic E-state index is 0.0138. The molecular weight excluding hydrogens is 180 g/mol. The summed E-state index contributed by atoms with van der Waals surface area (Å²) in [6, 6.07) is 0. The first kappa shape index (κ1) is 11.5. The van der Waals surface area contributed by atoms with Crippen LogP contribution in [0.25, 0.3) is 0 Å². The van der Waals surface area contributed by atoms with Gasteiger partial charge in [-0.1, -0.05) is 0 Å². The lowest BCUT2D eigenvalue weighted by atomic mass is 10.1. The number of hydrogen-bond donors (Lipinski definition) is 1. The van der Waals surface area contributed by atoms with Crippen LogP contribution < -0.4 is 5.32 Å². The molecule has 1 aliphatic heterocycles. The standard InChI is InChI=1S/C10H20N2O2/c1-10(2)8-12(6-7-14-3)9(13)4-5-11-10/h11H,4-8H2,1-3H3. The number of nitrogens with zero attached hydrogens (tertiary/aromatic N) is 1. The van der Waals surface area contributed by atoms with Crippen LogP contribution in [0.4, 0.5) is 0 Å². The highest BCUT2D eigenvalue weighted by Gasteiger charge is 2.27. The molecule has 0 spiro atoms. The minimum atomic E-state index is 0.0138. The summed E-state index contributed by atoms with van der Waals surface area (Å²) in [6.07, 6.45) is 0.590. The fourth-order valence-electron chi connectivity index (χ4n) is 1.69. The zero-order valence-corrected chi connectivity index (χ0v) is 9.30. The third-order valence-electron chi connectivity index (χ3n) is 2.45. The second-order valence-corrected chi connectivity index (χ2v) is 4.37. The molecule has 0 aromatic rings. The van der Waals surface area contributed by atoms with E-state index in [1.807, 2.05) is 4.90 Å². The summed E-state index contributed by atoms with van der Waals surface area (Å²) >= 11 is 0. The highest BCUT2D eigenvalue weighted by atomic mass is 16.5. The number of amides is 1. The molecule has 1 amide bonds. The molecule has 0 bridgehead atoms. The van der Waals surface area contributed by atoms with Gasteiger partial charge in [-0.2, -0.15) is 0 Å². The van der Waals surface area contributed by atoms with E-state index in [-0.39, 0.29) is 11.4 Å². The number of carbonyl (C=O) groups is 1. The van der Waals surface area contributed by atoms with Gasteiger partial charge in [0, 0.05) is 38.7 Å². The third-order valence-corrected chi connectivity index (χ3v) is 2.45. The summed E-state index contributed by atoms with van der Waals surface area (Å²) in [4.78, 5) is 13.5. The molecular formula is C10H20N2O2. The molecule has 82 valence electrons. The smallest absolute Gasteiger partial charge is 0.223 e. The quantitative estimate of drug-likeness (QED) is 0.709. The van der Waals surface area contributed by atoms with Crippen molar-refractivity contribution in [1.29, 1.82) is 0 Å². The molecule has 1 aliphatic rings. The Morgan fingerprint density at radius 3 is 2.93 bits per heavy atom. The van der Waals surface area contributed by atoms with Gasteiger partial charge in [-0.15, -0.1) is 0 Å². The molecule has 0 radical (unpaired) electrons. The maximum Gasteiger partial charge on any atom is 0.223 e. The van der Waals surface area contributed by atoms with Gasteiger partial charge in [-0.3, -0.25) is 4.79 Å². The molecule has 1 rings (SSSR count). The SMILES string of the molecule is COCCN1CC(C)(C)NCCC1=O. The number of ether oxygens (including phenoxy) is 1. The second kappa shape index (κ2) is 4.75. The molecule has 1 fully saturated rings. The van der Waals surface area contributed by atoms with Gasteiger partial charge in [-0.05, 0) is 13.8 Å². The van der Waals surface area contributed by atoms with Crippen molar-refractivity contribution >= 4 is 5.91 Å². The van der Waals surface area contributed by atoms with Crippen LogP contribution in [-0.4, -0.2) is 49.7 Å².